The molecule has 0 unspecified atom stereocenters. The Morgan fingerprint density at radius 1 is 1.19 bits per heavy atom. The third kappa shape index (κ3) is 2.53. The van der Waals surface area contributed by atoms with Crippen LogP contribution in [0.5, 0.6) is 0 Å². The second-order valence-corrected chi connectivity index (χ2v) is 4.81. The lowest BCUT2D eigenvalue weighted by Crippen LogP contribution is -2.49. The van der Waals surface area contributed by atoms with E-state index in [9.17, 15) is 0 Å². The summed E-state index contributed by atoms with van der Waals surface area (Å²) >= 11 is 0. The molecule has 3 heteroatoms. The minimum Gasteiger partial charge on any atom is -0.354 e. The summed E-state index contributed by atoms with van der Waals surface area (Å²) in [5.74, 6) is 1.13. The molecule has 0 spiro atoms. The van der Waals surface area contributed by atoms with Crippen LogP contribution in [0.4, 0.5) is 5.82 Å². The number of rotatable bonds is 2. The Kier molecular flexibility index (Phi) is 3.44. The van der Waals surface area contributed by atoms with Crippen molar-refractivity contribution < 1.29 is 0 Å². The number of aryl methyl sites for hydroxylation is 1. The first-order valence-electron chi connectivity index (χ1n) is 6.08. The maximum Gasteiger partial charge on any atom is 0.128 e. The van der Waals surface area contributed by atoms with Crippen LogP contribution in [0.1, 0.15) is 19.4 Å². The monoisotopic (exact) mass is 219 g/mol. The molecule has 1 aliphatic rings. The summed E-state index contributed by atoms with van der Waals surface area (Å²) in [6, 6.07) is 4.88. The molecular weight excluding hydrogens is 198 g/mol. The van der Waals surface area contributed by atoms with E-state index >= 15 is 0 Å². The van der Waals surface area contributed by atoms with E-state index in [4.69, 9.17) is 0 Å². The predicted molar refractivity (Wildman–Crippen MR) is 67.9 cm³/mol. The van der Waals surface area contributed by atoms with Crippen LogP contribution < -0.4 is 4.90 Å². The highest BCUT2D eigenvalue weighted by atomic mass is 15.3. The molecule has 1 aromatic heterocycles. The highest BCUT2D eigenvalue weighted by molar-refractivity contribution is 5.41. The zero-order valence-electron chi connectivity index (χ0n) is 10.5. The maximum absolute atomic E-state index is 4.44. The van der Waals surface area contributed by atoms with Crippen LogP contribution >= 0.6 is 0 Å². The molecule has 0 saturated carbocycles. The second-order valence-electron chi connectivity index (χ2n) is 4.81. The van der Waals surface area contributed by atoms with Gasteiger partial charge in [-0.25, -0.2) is 4.98 Å². The van der Waals surface area contributed by atoms with E-state index in [2.05, 4.69) is 41.6 Å². The van der Waals surface area contributed by atoms with Crippen molar-refractivity contribution in [2.24, 2.45) is 0 Å². The van der Waals surface area contributed by atoms with Gasteiger partial charge in [-0.3, -0.25) is 4.90 Å². The smallest absolute Gasteiger partial charge is 0.128 e. The van der Waals surface area contributed by atoms with Gasteiger partial charge in [-0.1, -0.05) is 0 Å². The minimum absolute atomic E-state index is 0.660. The third-order valence-electron chi connectivity index (χ3n) is 3.27. The van der Waals surface area contributed by atoms with Crippen molar-refractivity contribution in [2.45, 2.75) is 26.8 Å². The van der Waals surface area contributed by atoms with Crippen LogP contribution in [0.15, 0.2) is 18.3 Å². The summed E-state index contributed by atoms with van der Waals surface area (Å²) in [6.45, 7) is 11.1. The van der Waals surface area contributed by atoms with Gasteiger partial charge >= 0.3 is 0 Å². The van der Waals surface area contributed by atoms with Crippen molar-refractivity contribution in [3.05, 3.63) is 23.9 Å². The molecule has 1 fully saturated rings. The van der Waals surface area contributed by atoms with E-state index in [1.165, 1.54) is 5.56 Å². The first-order valence-corrected chi connectivity index (χ1v) is 6.08. The van der Waals surface area contributed by atoms with Crippen molar-refractivity contribution in [3.8, 4) is 0 Å². The minimum atomic E-state index is 0.660. The lowest BCUT2D eigenvalue weighted by Gasteiger charge is -2.37. The van der Waals surface area contributed by atoms with Gasteiger partial charge < -0.3 is 4.90 Å². The Hall–Kier alpha value is -1.09. The summed E-state index contributed by atoms with van der Waals surface area (Å²) in [6.07, 6.45) is 1.90. The fourth-order valence-electron chi connectivity index (χ4n) is 2.16. The van der Waals surface area contributed by atoms with Crippen molar-refractivity contribution >= 4 is 5.82 Å². The average molecular weight is 219 g/mol. The fourth-order valence-corrected chi connectivity index (χ4v) is 2.16. The van der Waals surface area contributed by atoms with Crippen LogP contribution in [0.25, 0.3) is 0 Å². The first kappa shape index (κ1) is 11.4. The molecule has 0 aliphatic carbocycles. The molecule has 0 radical (unpaired) electrons. The molecular formula is C13H21N3. The zero-order valence-corrected chi connectivity index (χ0v) is 10.5. The van der Waals surface area contributed by atoms with Gasteiger partial charge in [-0.05, 0) is 38.5 Å². The van der Waals surface area contributed by atoms with Crippen LogP contribution in [0, 0.1) is 6.92 Å². The lowest BCUT2D eigenvalue weighted by molar-refractivity contribution is 0.209. The summed E-state index contributed by atoms with van der Waals surface area (Å²) in [4.78, 5) is 9.34. The Morgan fingerprint density at radius 2 is 1.88 bits per heavy atom. The number of anilines is 1. The number of hydrogen-bond acceptors (Lipinski definition) is 3. The second kappa shape index (κ2) is 4.83. The summed E-state index contributed by atoms with van der Waals surface area (Å²) in [7, 11) is 0. The molecule has 0 bridgehead atoms. The number of pyridine rings is 1. The van der Waals surface area contributed by atoms with Gasteiger partial charge in [0.05, 0.1) is 0 Å². The third-order valence-corrected chi connectivity index (χ3v) is 3.27. The number of aromatic nitrogens is 1. The highest BCUT2D eigenvalue weighted by Gasteiger charge is 2.19. The van der Waals surface area contributed by atoms with Crippen molar-refractivity contribution in [1.29, 1.82) is 0 Å². The predicted octanol–water partition coefficient (Wildman–Crippen LogP) is 1.92. The molecule has 1 aromatic rings. The van der Waals surface area contributed by atoms with E-state index in [1.54, 1.807) is 0 Å². The molecule has 3 nitrogen and oxygen atoms in total. The van der Waals surface area contributed by atoms with Crippen molar-refractivity contribution in [1.82, 2.24) is 9.88 Å². The van der Waals surface area contributed by atoms with Crippen LogP contribution in [0.3, 0.4) is 0 Å². The van der Waals surface area contributed by atoms with Crippen LogP contribution in [0.2, 0.25) is 0 Å². The number of nitrogens with zero attached hydrogens (tertiary/aromatic N) is 3. The fraction of sp³-hybridized carbons (Fsp3) is 0.615. The molecule has 1 saturated heterocycles. The summed E-state index contributed by atoms with van der Waals surface area (Å²) < 4.78 is 0. The largest absolute Gasteiger partial charge is 0.354 e. The molecule has 0 amide bonds. The maximum atomic E-state index is 4.44. The standard InChI is InChI=1S/C13H21N3/c1-11(2)15-6-8-16(9-7-15)13-10-12(3)4-5-14-13/h4-5,10-11H,6-9H2,1-3H3. The molecule has 0 aromatic carbocycles. The van der Waals surface area contributed by atoms with E-state index in [-0.39, 0.29) is 0 Å². The van der Waals surface area contributed by atoms with Gasteiger partial charge in [0.2, 0.25) is 0 Å². The number of piperazine rings is 1. The average Bonchev–Trinajstić information content (AvgIpc) is 2.29. The number of hydrogen-bond donors (Lipinski definition) is 0. The molecule has 88 valence electrons. The van der Waals surface area contributed by atoms with E-state index in [0.29, 0.717) is 6.04 Å². The molecule has 16 heavy (non-hydrogen) atoms. The van der Waals surface area contributed by atoms with Gasteiger partial charge in [0.15, 0.2) is 0 Å². The zero-order chi connectivity index (χ0) is 11.5. The highest BCUT2D eigenvalue weighted by Crippen LogP contribution is 2.15. The molecule has 1 aliphatic heterocycles. The summed E-state index contributed by atoms with van der Waals surface area (Å²) in [5.41, 5.74) is 1.29. The van der Waals surface area contributed by atoms with E-state index < -0.39 is 0 Å². The van der Waals surface area contributed by atoms with Gasteiger partial charge in [0, 0.05) is 38.4 Å². The van der Waals surface area contributed by atoms with Gasteiger partial charge in [0.25, 0.3) is 0 Å². The Morgan fingerprint density at radius 3 is 2.44 bits per heavy atom. The van der Waals surface area contributed by atoms with Crippen molar-refractivity contribution in [2.75, 3.05) is 31.1 Å². The van der Waals surface area contributed by atoms with E-state index in [0.717, 1.165) is 32.0 Å². The lowest BCUT2D eigenvalue weighted by atomic mass is 10.2. The Bertz CT molecular complexity index is 341. The van der Waals surface area contributed by atoms with Crippen molar-refractivity contribution in [3.63, 3.8) is 0 Å². The quantitative estimate of drug-likeness (QED) is 0.757. The molecule has 0 N–H and O–H groups in total. The first-order chi connectivity index (χ1) is 7.66. The normalized spacial score (nSPS) is 18.1. The van der Waals surface area contributed by atoms with Gasteiger partial charge in [-0.15, -0.1) is 0 Å². The van der Waals surface area contributed by atoms with Crippen LogP contribution in [-0.2, 0) is 0 Å². The topological polar surface area (TPSA) is 19.4 Å². The molecule has 0 atom stereocenters. The van der Waals surface area contributed by atoms with Gasteiger partial charge in [0.1, 0.15) is 5.82 Å². The van der Waals surface area contributed by atoms with Crippen LogP contribution in [-0.4, -0.2) is 42.1 Å². The molecule has 2 rings (SSSR count). The van der Waals surface area contributed by atoms with E-state index in [1.807, 2.05) is 12.3 Å². The Labute approximate surface area is 98.1 Å². The molecule has 2 heterocycles. The Balaban J connectivity index is 1.99. The SMILES string of the molecule is Cc1ccnc(N2CCN(C(C)C)CC2)c1. The summed E-state index contributed by atoms with van der Waals surface area (Å²) in [5, 5.41) is 0. The van der Waals surface area contributed by atoms with Gasteiger partial charge in [-0.2, -0.15) is 0 Å².